The molecule has 0 saturated heterocycles. The Kier molecular flexibility index (Phi) is 17.5. The van der Waals surface area contributed by atoms with E-state index in [1.807, 2.05) is 18.2 Å². The number of hydrogen-bond donors (Lipinski definition) is 2. The van der Waals surface area contributed by atoms with E-state index in [-0.39, 0.29) is 43.9 Å². The Hall–Kier alpha value is -3.44. The summed E-state index contributed by atoms with van der Waals surface area (Å²) in [7, 11) is -5.79. The molecule has 10 nitrogen and oxygen atoms in total. The van der Waals surface area contributed by atoms with Crippen LogP contribution in [0.4, 0.5) is 11.6 Å². The zero-order valence-corrected chi connectivity index (χ0v) is 41.1. The second kappa shape index (κ2) is 19.3. The van der Waals surface area contributed by atoms with Crippen LogP contribution < -0.4 is 19.3 Å². The average molecular weight is 894 g/mol. The summed E-state index contributed by atoms with van der Waals surface area (Å²) in [5.41, 5.74) is 7.68. The molecule has 0 saturated carbocycles. The van der Waals surface area contributed by atoms with E-state index in [0.29, 0.717) is 11.6 Å². The molecule has 58 heavy (non-hydrogen) atoms. The van der Waals surface area contributed by atoms with Crippen LogP contribution in [0.3, 0.4) is 0 Å². The lowest BCUT2D eigenvalue weighted by Gasteiger charge is -2.36. The lowest BCUT2D eigenvalue weighted by molar-refractivity contribution is 0.490. The summed E-state index contributed by atoms with van der Waals surface area (Å²) in [5, 5.41) is 0.279. The monoisotopic (exact) mass is 892 g/mol. The van der Waals surface area contributed by atoms with Gasteiger partial charge in [-0.2, -0.15) is 0 Å². The maximum atomic E-state index is 12.6. The molecule has 0 fully saturated rings. The van der Waals surface area contributed by atoms with Gasteiger partial charge in [0.15, 0.2) is 0 Å². The molecule has 15 heteroatoms. The molecule has 2 aromatic carbocycles. The highest BCUT2D eigenvalue weighted by molar-refractivity contribution is 8.13. The van der Waals surface area contributed by atoms with Crippen LogP contribution in [0.2, 0.25) is 36.3 Å². The van der Waals surface area contributed by atoms with Gasteiger partial charge in [-0.15, -0.1) is 0 Å². The normalized spacial score (nSPS) is 12.8. The molecule has 324 valence electrons. The molecular formula is C43H69ClN4O6S2Si2. The highest BCUT2D eigenvalue weighted by atomic mass is 35.7. The van der Waals surface area contributed by atoms with Gasteiger partial charge in [0.1, 0.15) is 23.1 Å². The van der Waals surface area contributed by atoms with Crippen molar-refractivity contribution in [1.82, 2.24) is 9.97 Å². The van der Waals surface area contributed by atoms with E-state index < -0.39 is 35.7 Å². The zero-order valence-electron chi connectivity index (χ0n) is 36.7. The second-order valence-corrected chi connectivity index (χ2v) is 32.8. The Morgan fingerprint density at radius 1 is 0.569 bits per heavy atom. The van der Waals surface area contributed by atoms with Crippen LogP contribution >= 0.6 is 10.7 Å². The summed E-state index contributed by atoms with van der Waals surface area (Å²) < 4.78 is 61.9. The molecule has 2 aromatic heterocycles. The third kappa shape index (κ3) is 16.0. The zero-order chi connectivity index (χ0) is 44.1. The van der Waals surface area contributed by atoms with E-state index >= 15 is 0 Å². The smallest absolute Gasteiger partial charge is 0.263 e. The molecule has 0 radical (unpaired) electrons. The van der Waals surface area contributed by atoms with E-state index in [1.54, 1.807) is 54.9 Å². The number of benzene rings is 2. The van der Waals surface area contributed by atoms with Crippen LogP contribution in [0.5, 0.6) is 11.5 Å². The topological polar surface area (TPSA) is 151 Å². The second-order valence-electron chi connectivity index (χ2n) is 19.1. The highest BCUT2D eigenvalue weighted by Crippen LogP contribution is 2.38. The highest BCUT2D eigenvalue weighted by Gasteiger charge is 2.40. The van der Waals surface area contributed by atoms with Crippen molar-refractivity contribution in [2.45, 2.75) is 147 Å². The van der Waals surface area contributed by atoms with Gasteiger partial charge in [0.2, 0.25) is 0 Å². The summed E-state index contributed by atoms with van der Waals surface area (Å²) in [6.07, 6.45) is 3.26. The summed E-state index contributed by atoms with van der Waals surface area (Å²) >= 11 is 0. The molecule has 0 atom stereocenters. The molecule has 0 aliphatic carbocycles. The van der Waals surface area contributed by atoms with Gasteiger partial charge in [-0.25, -0.2) is 26.8 Å². The average Bonchev–Trinajstić information content (AvgIpc) is 3.05. The predicted octanol–water partition coefficient (Wildman–Crippen LogP) is 12.2. The lowest BCUT2D eigenvalue weighted by atomic mass is 9.87. The molecule has 4 aromatic rings. The molecule has 0 amide bonds. The first-order valence-corrected chi connectivity index (χ1v) is 28.4. The van der Waals surface area contributed by atoms with Gasteiger partial charge in [0, 0.05) is 10.7 Å². The van der Waals surface area contributed by atoms with Gasteiger partial charge < -0.3 is 14.6 Å². The lowest BCUT2D eigenvalue weighted by Crippen LogP contribution is -2.43. The van der Waals surface area contributed by atoms with E-state index in [9.17, 15) is 16.8 Å². The Labute approximate surface area is 357 Å². The largest absolute Gasteiger partial charge is 0.542 e. The number of nitrogens with two attached hydrogens (primary N) is 1. The van der Waals surface area contributed by atoms with E-state index in [0.717, 1.165) is 16.9 Å². The summed E-state index contributed by atoms with van der Waals surface area (Å²) in [6, 6.07) is 20.6. The van der Waals surface area contributed by atoms with Gasteiger partial charge in [-0.3, -0.25) is 4.72 Å². The fourth-order valence-corrected chi connectivity index (χ4v) is 8.11. The predicted molar refractivity (Wildman–Crippen MR) is 249 cm³/mol. The van der Waals surface area contributed by atoms with E-state index in [4.69, 9.17) is 25.3 Å². The van der Waals surface area contributed by atoms with Crippen LogP contribution in [0.1, 0.15) is 102 Å². The first kappa shape index (κ1) is 52.6. The molecular weight excluding hydrogens is 824 g/mol. The van der Waals surface area contributed by atoms with Gasteiger partial charge in [-0.05, 0) is 107 Å². The van der Waals surface area contributed by atoms with Crippen LogP contribution in [-0.4, -0.2) is 43.4 Å². The number of anilines is 2. The van der Waals surface area contributed by atoms with Crippen molar-refractivity contribution in [2.24, 2.45) is 0 Å². The Morgan fingerprint density at radius 2 is 0.931 bits per heavy atom. The molecule has 0 aliphatic rings. The van der Waals surface area contributed by atoms with Gasteiger partial charge in [0.05, 0.1) is 22.2 Å². The fourth-order valence-electron chi connectivity index (χ4n) is 4.30. The van der Waals surface area contributed by atoms with Crippen molar-refractivity contribution < 1.29 is 25.7 Å². The first-order valence-electron chi connectivity index (χ1n) is 18.8. The Bertz CT molecular complexity index is 2120. The molecule has 2 heterocycles. The number of halogens is 1. The summed E-state index contributed by atoms with van der Waals surface area (Å²) in [6.45, 7) is 34.3. The van der Waals surface area contributed by atoms with Gasteiger partial charge in [-0.1, -0.05) is 115 Å². The van der Waals surface area contributed by atoms with Crippen molar-refractivity contribution >= 4 is 58.0 Å². The number of pyridine rings is 2. The van der Waals surface area contributed by atoms with Crippen molar-refractivity contribution in [3.8, 4) is 11.5 Å². The third-order valence-electron chi connectivity index (χ3n) is 10.1. The van der Waals surface area contributed by atoms with Crippen molar-refractivity contribution in [2.75, 3.05) is 10.5 Å². The van der Waals surface area contributed by atoms with Gasteiger partial charge >= 0.3 is 0 Å². The first-order chi connectivity index (χ1) is 25.5. The molecule has 3 N–H and O–H groups in total. The quantitative estimate of drug-likeness (QED) is 0.130. The molecule has 0 spiro atoms. The Morgan fingerprint density at radius 3 is 1.22 bits per heavy atom. The number of sulfonamides is 1. The van der Waals surface area contributed by atoms with Crippen LogP contribution in [0.25, 0.3) is 0 Å². The summed E-state index contributed by atoms with van der Waals surface area (Å²) in [5.74, 6) is 2.26. The minimum absolute atomic E-state index is 0. The maximum Gasteiger partial charge on any atom is 0.263 e. The van der Waals surface area contributed by atoms with Crippen molar-refractivity contribution in [3.05, 3.63) is 96.3 Å². The molecule has 0 aliphatic heterocycles. The van der Waals surface area contributed by atoms with Gasteiger partial charge in [0.25, 0.3) is 35.7 Å². The third-order valence-corrected chi connectivity index (χ3v) is 21.6. The minimum atomic E-state index is -3.69. The molecule has 4 rings (SSSR count). The number of nitrogens with one attached hydrogen (secondary N) is 1. The number of rotatable bonds is 8. The molecule has 0 bridgehead atoms. The summed E-state index contributed by atoms with van der Waals surface area (Å²) in [4.78, 5) is 8.60. The molecule has 0 unspecified atom stereocenters. The van der Waals surface area contributed by atoms with Crippen molar-refractivity contribution in [3.63, 3.8) is 0 Å². The van der Waals surface area contributed by atoms with E-state index in [2.05, 4.69) is 124 Å². The number of nitrogen functional groups attached to an aromatic ring is 1. The number of hydrogen-bond acceptors (Lipinski definition) is 9. The maximum absolute atomic E-state index is 12.6. The SMILES string of the molecule is C.CC(C)(C)[Si](C)(C)Oc1ccc(N)nc1.CC(C)(C)c1ccc(S(=O)(=O)Cl)cc1.CC(C)(C)c1ccc(S(=O)(=O)Nc2ccc(O[Si](C)(C)C(C)(C)C)cn2)cc1. The van der Waals surface area contributed by atoms with Crippen LogP contribution in [0.15, 0.2) is 95.0 Å². The Balaban J connectivity index is 0.000000474. The van der Waals surface area contributed by atoms with E-state index in [1.165, 1.54) is 12.1 Å². The number of nitrogens with zero attached hydrogens (tertiary/aromatic N) is 2. The van der Waals surface area contributed by atoms with Crippen LogP contribution in [0, 0.1) is 0 Å². The van der Waals surface area contributed by atoms with Crippen LogP contribution in [-0.2, 0) is 29.9 Å². The fraction of sp³-hybridized carbons (Fsp3) is 0.488. The standard InChI is InChI=1S/C21H32N2O3SSi.C11H20N2OSi.C10H13ClO2S.CH4/c1-20(2,3)16-9-12-18(13-10-16)27(24,25)23-19-14-11-17(15-22-19)26-28(7,8)21(4,5)6;1-11(2,3)15(4,5)14-9-6-7-10(12)13-8-9;1-10(2,3)8-4-6-9(7-5-8)14(11,12)13;/h9-15H,1-8H3,(H,22,23);6-8H,1-5H3,(H2,12,13);4-7H,1-3H3;1H4. The minimum Gasteiger partial charge on any atom is -0.542 e. The van der Waals surface area contributed by atoms with Crippen molar-refractivity contribution in [1.29, 1.82) is 0 Å². The number of aromatic nitrogens is 2.